The van der Waals surface area contributed by atoms with Crippen LogP contribution in [0.5, 0.6) is 0 Å². The minimum absolute atomic E-state index is 0.0796. The number of aromatic amines is 2. The monoisotopic (exact) mass is 370 g/mol. The molecule has 0 aliphatic carbocycles. The molecule has 0 amide bonds. The number of aromatic nitrogens is 6. The fourth-order valence-corrected chi connectivity index (χ4v) is 1.65. The van der Waals surface area contributed by atoms with Gasteiger partial charge >= 0.3 is 11.9 Å². The van der Waals surface area contributed by atoms with Gasteiger partial charge in [-0.25, -0.2) is 14.8 Å². The van der Waals surface area contributed by atoms with Crippen LogP contribution in [0.2, 0.25) is 0 Å². The lowest BCUT2D eigenvalue weighted by atomic mass is 10.3. The summed E-state index contributed by atoms with van der Waals surface area (Å²) in [6, 6.07) is 3.57. The zero-order valence-corrected chi connectivity index (χ0v) is 12.9. The van der Waals surface area contributed by atoms with Gasteiger partial charge in [-0.1, -0.05) is 0 Å². The van der Waals surface area contributed by atoms with Crippen molar-refractivity contribution in [3.05, 3.63) is 45.4 Å². The fraction of sp³-hybridized carbons (Fsp3) is 0.154. The predicted molar refractivity (Wildman–Crippen MR) is 76.2 cm³/mol. The van der Waals surface area contributed by atoms with Gasteiger partial charge in [-0.2, -0.15) is 13.2 Å². The van der Waals surface area contributed by atoms with Gasteiger partial charge in [-0.3, -0.25) is 14.3 Å². The van der Waals surface area contributed by atoms with Crippen molar-refractivity contribution in [2.45, 2.75) is 6.18 Å². The topological polar surface area (TPSA) is 148 Å². The molecule has 0 saturated carbocycles. The molecule has 0 unspecified atom stereocenters. The molecule has 0 atom stereocenters. The summed E-state index contributed by atoms with van der Waals surface area (Å²) in [6.07, 6.45) is -1.76. The molecule has 3 rings (SSSR count). The maximum absolute atomic E-state index is 11.9. The summed E-state index contributed by atoms with van der Waals surface area (Å²) in [5.41, 5.74) is -0.193. The number of nitrogens with zero attached hydrogens (tertiary/aromatic N) is 4. The molecule has 136 valence electrons. The van der Waals surface area contributed by atoms with E-state index in [2.05, 4.69) is 25.1 Å². The third-order valence-electron chi connectivity index (χ3n) is 2.92. The van der Waals surface area contributed by atoms with Crippen LogP contribution in [0.1, 0.15) is 0 Å². The molecular weight excluding hydrogens is 361 g/mol. The third-order valence-corrected chi connectivity index (χ3v) is 2.92. The summed E-state index contributed by atoms with van der Waals surface area (Å²) in [5, 5.41) is 16.5. The van der Waals surface area contributed by atoms with Crippen LogP contribution in [0.15, 0.2) is 34.1 Å². The molecular formula is C13H9F3N6O4. The molecule has 0 radical (unpaired) electrons. The molecule has 0 aromatic carbocycles. The Kier molecular flexibility index (Phi) is 5.09. The van der Waals surface area contributed by atoms with Gasteiger partial charge in [0, 0.05) is 13.1 Å². The van der Waals surface area contributed by atoms with Gasteiger partial charge in [0.2, 0.25) is 0 Å². The first-order valence-corrected chi connectivity index (χ1v) is 6.69. The average Bonchev–Trinajstić information content (AvgIpc) is 2.60. The standard InChI is InChI=1S/C11H8N6O2.C2HF3O2/c1-17-10(18)7-9(14-11(17)19)16-15-8(13-7)6-3-2-4-12-5-6;3-2(4,5)1(6)7/h2-5H,1H3,(H,14,16,19);(H,6,7). The first-order valence-electron chi connectivity index (χ1n) is 6.69. The lowest BCUT2D eigenvalue weighted by molar-refractivity contribution is -0.377. The van der Waals surface area contributed by atoms with E-state index >= 15 is 0 Å². The second-order valence-electron chi connectivity index (χ2n) is 4.70. The number of rotatable bonds is 1. The fourth-order valence-electron chi connectivity index (χ4n) is 1.65. The van der Waals surface area contributed by atoms with Gasteiger partial charge in [0.1, 0.15) is 5.97 Å². The summed E-state index contributed by atoms with van der Waals surface area (Å²) >= 11 is 0. The largest absolute Gasteiger partial charge is 0.542 e. The number of hydrogen-bond acceptors (Lipinski definition) is 7. The molecule has 3 aromatic rings. The second kappa shape index (κ2) is 7.08. The Morgan fingerprint density at radius 3 is 2.50 bits per heavy atom. The number of nitrogens with one attached hydrogen (secondary N) is 2. The van der Waals surface area contributed by atoms with Crippen molar-refractivity contribution in [2.24, 2.45) is 7.05 Å². The molecule has 3 heterocycles. The minimum Gasteiger partial charge on any atom is -0.542 e. The first-order chi connectivity index (χ1) is 12.1. The van der Waals surface area contributed by atoms with E-state index in [1.165, 1.54) is 7.05 Å². The van der Waals surface area contributed by atoms with Crippen molar-refractivity contribution in [3.8, 4) is 11.4 Å². The summed E-state index contributed by atoms with van der Waals surface area (Å²) < 4.78 is 32.5. The minimum atomic E-state index is -5.19. The van der Waals surface area contributed by atoms with Crippen LogP contribution in [0, 0.1) is 0 Å². The zero-order valence-electron chi connectivity index (χ0n) is 12.9. The number of alkyl halides is 3. The Morgan fingerprint density at radius 1 is 1.31 bits per heavy atom. The summed E-state index contributed by atoms with van der Waals surface area (Å²) in [6.45, 7) is 0. The molecule has 2 N–H and O–H groups in total. The molecule has 0 aliphatic heterocycles. The highest BCUT2D eigenvalue weighted by Gasteiger charge is 2.28. The maximum Gasteiger partial charge on any atom is 0.430 e. The molecule has 0 spiro atoms. The SMILES string of the molecule is Cn1c(=O)[nH]c2nnc(-c3ccc[nH+]c3)nc2c1=O.O=C([O-])C(F)(F)F. The van der Waals surface area contributed by atoms with Gasteiger partial charge in [0.15, 0.2) is 29.4 Å². The Hall–Kier alpha value is -3.64. The smallest absolute Gasteiger partial charge is 0.430 e. The van der Waals surface area contributed by atoms with E-state index in [0.717, 1.165) is 4.57 Å². The summed E-state index contributed by atoms with van der Waals surface area (Å²) in [4.78, 5) is 41.6. The third kappa shape index (κ3) is 4.06. The number of H-pyrrole nitrogens is 2. The van der Waals surface area contributed by atoms with E-state index in [4.69, 9.17) is 9.90 Å². The van der Waals surface area contributed by atoms with Gasteiger partial charge in [-0.15, -0.1) is 10.2 Å². The molecule has 10 nitrogen and oxygen atoms in total. The zero-order chi connectivity index (χ0) is 19.5. The van der Waals surface area contributed by atoms with Crippen molar-refractivity contribution < 1.29 is 28.1 Å². The van der Waals surface area contributed by atoms with Crippen LogP contribution in [0.25, 0.3) is 22.6 Å². The van der Waals surface area contributed by atoms with Crippen LogP contribution < -0.4 is 21.3 Å². The summed E-state index contributed by atoms with van der Waals surface area (Å²) in [5.74, 6) is -2.69. The molecule has 13 heteroatoms. The van der Waals surface area contributed by atoms with E-state index in [0.29, 0.717) is 11.4 Å². The lowest BCUT2D eigenvalue weighted by Gasteiger charge is -2.03. The average molecular weight is 370 g/mol. The van der Waals surface area contributed by atoms with Crippen molar-refractivity contribution in [2.75, 3.05) is 0 Å². The van der Waals surface area contributed by atoms with E-state index in [1.807, 2.05) is 0 Å². The first kappa shape index (κ1) is 18.7. The van der Waals surface area contributed by atoms with Crippen molar-refractivity contribution >= 4 is 17.1 Å². The number of carboxylic acids is 1. The van der Waals surface area contributed by atoms with E-state index < -0.39 is 23.4 Å². The number of fused-ring (bicyclic) bond motifs is 1. The number of carboxylic acid groups (broad SMARTS) is 1. The van der Waals surface area contributed by atoms with E-state index in [9.17, 15) is 22.8 Å². The van der Waals surface area contributed by atoms with Gasteiger partial charge < -0.3 is 9.90 Å². The van der Waals surface area contributed by atoms with Gasteiger partial charge in [0.05, 0.1) is 5.56 Å². The quantitative estimate of drug-likeness (QED) is 0.531. The number of aliphatic carboxylic acids is 1. The van der Waals surface area contributed by atoms with Crippen LogP contribution in [-0.4, -0.2) is 36.9 Å². The van der Waals surface area contributed by atoms with E-state index in [1.54, 1.807) is 24.5 Å². The van der Waals surface area contributed by atoms with Gasteiger partial charge in [0.25, 0.3) is 5.56 Å². The van der Waals surface area contributed by atoms with Crippen molar-refractivity contribution in [1.82, 2.24) is 24.7 Å². The lowest BCUT2D eigenvalue weighted by Crippen LogP contribution is -2.37. The Balaban J connectivity index is 0.000000298. The Bertz CT molecular complexity index is 1060. The Labute approximate surface area is 141 Å². The second-order valence-corrected chi connectivity index (χ2v) is 4.70. The highest BCUT2D eigenvalue weighted by molar-refractivity contribution is 5.71. The number of halogens is 3. The van der Waals surface area contributed by atoms with Crippen molar-refractivity contribution in [3.63, 3.8) is 0 Å². The summed E-state index contributed by atoms with van der Waals surface area (Å²) in [7, 11) is 1.37. The molecule has 26 heavy (non-hydrogen) atoms. The highest BCUT2D eigenvalue weighted by atomic mass is 19.4. The number of carbonyl (C=O) groups is 1. The normalized spacial score (nSPS) is 10.9. The molecule has 0 bridgehead atoms. The predicted octanol–water partition coefficient (Wildman–Crippen LogP) is -1.81. The maximum atomic E-state index is 11.9. The number of carbonyl (C=O) groups excluding carboxylic acids is 1. The molecule has 0 fully saturated rings. The highest BCUT2D eigenvalue weighted by Crippen LogP contribution is 2.12. The number of pyridine rings is 1. The van der Waals surface area contributed by atoms with Crippen LogP contribution in [0.4, 0.5) is 13.2 Å². The molecule has 3 aromatic heterocycles. The van der Waals surface area contributed by atoms with Crippen LogP contribution in [-0.2, 0) is 11.8 Å². The van der Waals surface area contributed by atoms with Gasteiger partial charge in [-0.05, 0) is 6.07 Å². The Morgan fingerprint density at radius 2 is 1.96 bits per heavy atom. The van der Waals surface area contributed by atoms with E-state index in [-0.39, 0.29) is 11.2 Å². The van der Waals surface area contributed by atoms with Crippen molar-refractivity contribution in [1.29, 1.82) is 0 Å². The number of hydrogen-bond donors (Lipinski definition) is 1. The molecule has 0 aliphatic rings. The van der Waals surface area contributed by atoms with Crippen LogP contribution in [0.3, 0.4) is 0 Å². The van der Waals surface area contributed by atoms with Crippen LogP contribution >= 0.6 is 0 Å². The molecule has 0 saturated heterocycles.